The monoisotopic (exact) mass is 643 g/mol. The predicted molar refractivity (Wildman–Crippen MR) is 196 cm³/mol. The second-order valence-corrected chi connectivity index (χ2v) is 14.3. The van der Waals surface area contributed by atoms with E-state index in [1.54, 1.807) is 0 Å². The Balaban J connectivity index is 1.30. The summed E-state index contributed by atoms with van der Waals surface area (Å²) in [6.07, 6.45) is 0. The Kier molecular flexibility index (Phi) is 5.17. The molecule has 3 aliphatic rings. The number of hydrogen-bond donors (Lipinski definition) is 0. The molecule has 0 N–H and O–H groups in total. The van der Waals surface area contributed by atoms with Gasteiger partial charge in [-0.1, -0.05) is 97.1 Å². The predicted octanol–water partition coefficient (Wildman–Crippen LogP) is 10.3. The molecule has 5 heteroatoms. The Morgan fingerprint density at radius 2 is 1.27 bits per heavy atom. The van der Waals surface area contributed by atoms with Crippen LogP contribution in [0.2, 0.25) is 0 Å². The lowest BCUT2D eigenvalue weighted by Gasteiger charge is -2.40. The van der Waals surface area contributed by atoms with Crippen molar-refractivity contribution in [1.29, 1.82) is 5.26 Å². The van der Waals surface area contributed by atoms with Gasteiger partial charge in [0.05, 0.1) is 65.7 Å². The topological polar surface area (TPSA) is 49.0 Å². The van der Waals surface area contributed by atoms with Crippen molar-refractivity contribution < 1.29 is 4.21 Å². The van der Waals surface area contributed by atoms with Crippen LogP contribution in [0.3, 0.4) is 0 Å². The molecule has 0 fully saturated rings. The van der Waals surface area contributed by atoms with E-state index in [-0.39, 0.29) is 0 Å². The summed E-state index contributed by atoms with van der Waals surface area (Å²) >= 11 is 0. The highest BCUT2D eigenvalue weighted by atomic mass is 32.2. The van der Waals surface area contributed by atoms with Crippen LogP contribution in [0.1, 0.15) is 27.8 Å². The molecule has 1 spiro atoms. The third-order valence-electron chi connectivity index (χ3n) is 10.8. The minimum Gasteiger partial charge on any atom is -0.309 e. The molecule has 0 radical (unpaired) electrons. The van der Waals surface area contributed by atoms with E-state index in [4.69, 9.17) is 0 Å². The van der Waals surface area contributed by atoms with Gasteiger partial charge in [0.1, 0.15) is 0 Å². The van der Waals surface area contributed by atoms with Gasteiger partial charge in [-0.25, -0.2) is 4.21 Å². The standard InChI is InChI=1S/C44H25N3OS/c45-26-27-20-22-28(23-21-27)46-38-18-7-8-19-40(38)49(48)43-39(46)25-24-34-41(43)31-11-1-3-13-32(31)44(34)33-14-4-6-17-37(33)47-36-16-5-2-10-29(36)30-12-9-15-35(44)42(30)47/h1-25H. The lowest BCUT2D eigenvalue weighted by atomic mass is 9.65. The maximum atomic E-state index is 15.0. The normalized spacial score (nSPS) is 17.7. The number of rotatable bonds is 1. The quantitative estimate of drug-likeness (QED) is 0.179. The number of benzene rings is 7. The smallest absolute Gasteiger partial charge is 0.0991 e. The van der Waals surface area contributed by atoms with E-state index in [1.165, 1.54) is 44.2 Å². The molecule has 1 aromatic heterocycles. The molecule has 0 saturated heterocycles. The molecule has 1 aliphatic carbocycles. The van der Waals surface area contributed by atoms with Gasteiger partial charge in [0.25, 0.3) is 0 Å². The van der Waals surface area contributed by atoms with Gasteiger partial charge >= 0.3 is 0 Å². The number of hydrogen-bond acceptors (Lipinski definition) is 3. The highest BCUT2D eigenvalue weighted by Crippen LogP contribution is 2.64. The molecule has 4 nitrogen and oxygen atoms in total. The number of fused-ring (bicyclic) bond motifs is 15. The summed E-state index contributed by atoms with van der Waals surface area (Å²) in [6.45, 7) is 0. The lowest BCUT2D eigenvalue weighted by molar-refractivity contribution is 0.682. The minimum atomic E-state index is -1.45. The molecule has 228 valence electrons. The third kappa shape index (κ3) is 3.15. The van der Waals surface area contributed by atoms with Crippen LogP contribution in [0.4, 0.5) is 17.1 Å². The van der Waals surface area contributed by atoms with E-state index in [0.29, 0.717) is 5.56 Å². The fourth-order valence-electron chi connectivity index (χ4n) is 8.97. The maximum absolute atomic E-state index is 15.0. The van der Waals surface area contributed by atoms with Gasteiger partial charge in [0, 0.05) is 22.0 Å². The Labute approximate surface area is 285 Å². The molecule has 8 aromatic rings. The second kappa shape index (κ2) is 9.44. The Morgan fingerprint density at radius 3 is 2.12 bits per heavy atom. The van der Waals surface area contributed by atoms with Gasteiger partial charge in [-0.15, -0.1) is 0 Å². The first kappa shape index (κ1) is 26.8. The van der Waals surface area contributed by atoms with Gasteiger partial charge in [-0.3, -0.25) is 0 Å². The van der Waals surface area contributed by atoms with E-state index in [1.807, 2.05) is 48.5 Å². The summed E-state index contributed by atoms with van der Waals surface area (Å²) in [5.41, 5.74) is 13.2. The van der Waals surface area contributed by atoms with Crippen LogP contribution in [0.15, 0.2) is 161 Å². The van der Waals surface area contributed by atoms with Crippen molar-refractivity contribution in [3.8, 4) is 22.9 Å². The van der Waals surface area contributed by atoms with Crippen LogP contribution in [0.5, 0.6) is 0 Å². The maximum Gasteiger partial charge on any atom is 0.0991 e. The average Bonchev–Trinajstić information content (AvgIpc) is 3.66. The van der Waals surface area contributed by atoms with Crippen molar-refractivity contribution in [2.75, 3.05) is 4.90 Å². The third-order valence-corrected chi connectivity index (χ3v) is 12.3. The van der Waals surface area contributed by atoms with Crippen molar-refractivity contribution in [3.63, 3.8) is 0 Å². The number of aromatic nitrogens is 1. The Morgan fingerprint density at radius 1 is 0.571 bits per heavy atom. The number of para-hydroxylation sites is 4. The molecule has 11 rings (SSSR count). The van der Waals surface area contributed by atoms with E-state index in [2.05, 4.69) is 119 Å². The molecule has 2 unspecified atom stereocenters. The number of nitriles is 1. The zero-order valence-corrected chi connectivity index (χ0v) is 26.9. The Hall–Kier alpha value is -6.22. The molecule has 7 aromatic carbocycles. The summed E-state index contributed by atoms with van der Waals surface area (Å²) in [6, 6.07) is 55.3. The first-order valence-electron chi connectivity index (χ1n) is 16.4. The van der Waals surface area contributed by atoms with Crippen molar-refractivity contribution in [3.05, 3.63) is 179 Å². The average molecular weight is 644 g/mol. The van der Waals surface area contributed by atoms with Crippen molar-refractivity contribution in [1.82, 2.24) is 4.57 Å². The van der Waals surface area contributed by atoms with Gasteiger partial charge in [0.15, 0.2) is 0 Å². The van der Waals surface area contributed by atoms with E-state index >= 15 is 4.21 Å². The summed E-state index contributed by atoms with van der Waals surface area (Å²) in [5, 5.41) is 12.0. The zero-order valence-electron chi connectivity index (χ0n) is 26.1. The second-order valence-electron chi connectivity index (χ2n) is 12.9. The molecular formula is C44H25N3OS. The molecule has 2 atom stereocenters. The first-order chi connectivity index (χ1) is 24.2. The first-order valence-corrected chi connectivity index (χ1v) is 17.6. The molecule has 0 amide bonds. The highest BCUT2D eigenvalue weighted by molar-refractivity contribution is 7.85. The van der Waals surface area contributed by atoms with Crippen LogP contribution < -0.4 is 4.90 Å². The van der Waals surface area contributed by atoms with Gasteiger partial charge < -0.3 is 9.47 Å². The number of anilines is 3. The molecule has 0 bridgehead atoms. The zero-order chi connectivity index (χ0) is 32.4. The van der Waals surface area contributed by atoms with Crippen LogP contribution >= 0.6 is 0 Å². The van der Waals surface area contributed by atoms with E-state index < -0.39 is 16.2 Å². The Bertz CT molecular complexity index is 2820. The summed E-state index contributed by atoms with van der Waals surface area (Å²) in [4.78, 5) is 3.80. The van der Waals surface area contributed by atoms with Gasteiger partial charge in [-0.2, -0.15) is 5.26 Å². The number of nitrogens with zero attached hydrogens (tertiary/aromatic N) is 3. The molecule has 49 heavy (non-hydrogen) atoms. The minimum absolute atomic E-state index is 0.602. The van der Waals surface area contributed by atoms with Gasteiger partial charge in [0.2, 0.25) is 0 Å². The fraction of sp³-hybridized carbons (Fsp3) is 0.0227. The highest BCUT2D eigenvalue weighted by Gasteiger charge is 2.52. The van der Waals surface area contributed by atoms with Crippen LogP contribution in [-0.2, 0) is 16.2 Å². The van der Waals surface area contributed by atoms with E-state index in [9.17, 15) is 5.26 Å². The SMILES string of the molecule is N#Cc1ccc(N2c3ccccc3S(=O)c3c2ccc2c3-c3ccccc3C23c2ccccc2-n2c4ccccc4c4cccc3c42)cc1. The molecule has 3 heterocycles. The van der Waals surface area contributed by atoms with Gasteiger partial charge in [-0.05, 0) is 82.4 Å². The summed E-state index contributed by atoms with van der Waals surface area (Å²) < 4.78 is 17.5. The summed E-state index contributed by atoms with van der Waals surface area (Å²) in [7, 11) is -1.45. The van der Waals surface area contributed by atoms with E-state index in [0.717, 1.165) is 43.5 Å². The van der Waals surface area contributed by atoms with Crippen LogP contribution in [0, 0.1) is 11.3 Å². The van der Waals surface area contributed by atoms with Crippen molar-refractivity contribution in [2.45, 2.75) is 15.2 Å². The molecular weight excluding hydrogens is 619 g/mol. The van der Waals surface area contributed by atoms with Crippen LogP contribution in [0.25, 0.3) is 38.6 Å². The summed E-state index contributed by atoms with van der Waals surface area (Å²) in [5.74, 6) is 0. The lowest BCUT2D eigenvalue weighted by Crippen LogP contribution is -2.33. The van der Waals surface area contributed by atoms with Crippen molar-refractivity contribution >= 4 is 49.7 Å². The van der Waals surface area contributed by atoms with Crippen LogP contribution in [-0.4, -0.2) is 8.78 Å². The molecule has 2 aliphatic heterocycles. The largest absolute Gasteiger partial charge is 0.309 e. The van der Waals surface area contributed by atoms with Crippen molar-refractivity contribution in [2.24, 2.45) is 0 Å². The molecule has 0 saturated carbocycles. The fourth-order valence-corrected chi connectivity index (χ4v) is 10.5.